The van der Waals surface area contributed by atoms with E-state index in [9.17, 15) is 4.79 Å². The van der Waals surface area contributed by atoms with Gasteiger partial charge in [0.15, 0.2) is 5.78 Å². The first-order valence-corrected chi connectivity index (χ1v) is 5.86. The summed E-state index contributed by atoms with van der Waals surface area (Å²) in [6.45, 7) is 0. The van der Waals surface area contributed by atoms with Gasteiger partial charge in [-0.2, -0.15) is 0 Å². The molecule has 0 bridgehead atoms. The van der Waals surface area contributed by atoms with Crippen LogP contribution in [0.2, 0.25) is 0 Å². The number of benzene rings is 1. The molecule has 0 amide bonds. The fraction of sp³-hybridized carbons (Fsp3) is 0.0625. The van der Waals surface area contributed by atoms with Crippen molar-refractivity contribution in [2.45, 2.75) is 0 Å². The van der Waals surface area contributed by atoms with Gasteiger partial charge < -0.3 is 9.15 Å². The molecule has 0 saturated carbocycles. The first-order valence-electron chi connectivity index (χ1n) is 5.86. The monoisotopic (exact) mass is 254 g/mol. The number of rotatable bonds is 5. The third-order valence-electron chi connectivity index (χ3n) is 2.54. The third kappa shape index (κ3) is 3.71. The van der Waals surface area contributed by atoms with Gasteiger partial charge in [-0.25, -0.2) is 0 Å². The minimum atomic E-state index is -0.0493. The van der Waals surface area contributed by atoms with Crippen LogP contribution in [0.15, 0.2) is 65.3 Å². The molecular formula is C16H14O3. The second-order valence-electron chi connectivity index (χ2n) is 3.83. The number of methoxy groups -OCH3 is 1. The lowest BCUT2D eigenvalue weighted by molar-refractivity contribution is 0.104. The number of furan rings is 1. The van der Waals surface area contributed by atoms with E-state index in [-0.39, 0.29) is 5.78 Å². The molecular weight excluding hydrogens is 240 g/mol. The molecule has 2 rings (SSSR count). The summed E-state index contributed by atoms with van der Waals surface area (Å²) in [4.78, 5) is 11.8. The van der Waals surface area contributed by atoms with E-state index < -0.39 is 0 Å². The van der Waals surface area contributed by atoms with Gasteiger partial charge in [-0.05, 0) is 48.6 Å². The summed E-state index contributed by atoms with van der Waals surface area (Å²) in [6, 6.07) is 10.7. The van der Waals surface area contributed by atoms with Crippen LogP contribution >= 0.6 is 0 Å². The number of hydrogen-bond acceptors (Lipinski definition) is 3. The molecule has 0 saturated heterocycles. The van der Waals surface area contributed by atoms with Crippen LogP contribution in [0, 0.1) is 0 Å². The molecule has 3 nitrogen and oxygen atoms in total. The Balaban J connectivity index is 1.96. The molecule has 0 aliphatic heterocycles. The molecule has 0 aliphatic carbocycles. The highest BCUT2D eigenvalue weighted by atomic mass is 16.5. The van der Waals surface area contributed by atoms with Crippen molar-refractivity contribution < 1.29 is 13.9 Å². The lowest BCUT2D eigenvalue weighted by Crippen LogP contribution is -1.93. The van der Waals surface area contributed by atoms with Gasteiger partial charge in [0.05, 0.1) is 13.4 Å². The van der Waals surface area contributed by atoms with E-state index in [1.165, 1.54) is 6.08 Å². The maximum absolute atomic E-state index is 11.8. The summed E-state index contributed by atoms with van der Waals surface area (Å²) in [5.74, 6) is 1.44. The van der Waals surface area contributed by atoms with Gasteiger partial charge in [0.1, 0.15) is 11.5 Å². The van der Waals surface area contributed by atoms with Crippen LogP contribution in [-0.4, -0.2) is 12.9 Å². The van der Waals surface area contributed by atoms with Gasteiger partial charge in [0, 0.05) is 5.56 Å². The molecule has 0 radical (unpaired) electrons. The van der Waals surface area contributed by atoms with Crippen molar-refractivity contribution in [3.8, 4) is 5.75 Å². The van der Waals surface area contributed by atoms with Crippen molar-refractivity contribution in [3.63, 3.8) is 0 Å². The average molecular weight is 254 g/mol. The Bertz CT molecular complexity index is 575. The van der Waals surface area contributed by atoms with Crippen molar-refractivity contribution in [1.29, 1.82) is 0 Å². The van der Waals surface area contributed by atoms with Crippen molar-refractivity contribution in [3.05, 3.63) is 72.2 Å². The molecule has 1 aromatic heterocycles. The zero-order chi connectivity index (χ0) is 13.5. The minimum absolute atomic E-state index is 0.0493. The van der Waals surface area contributed by atoms with Crippen molar-refractivity contribution in [2.24, 2.45) is 0 Å². The van der Waals surface area contributed by atoms with Gasteiger partial charge >= 0.3 is 0 Å². The maximum atomic E-state index is 11.8. The Morgan fingerprint density at radius 3 is 2.58 bits per heavy atom. The summed E-state index contributed by atoms with van der Waals surface area (Å²) >= 11 is 0. The van der Waals surface area contributed by atoms with Crippen molar-refractivity contribution in [1.82, 2.24) is 0 Å². The van der Waals surface area contributed by atoms with Gasteiger partial charge in [-0.3, -0.25) is 4.79 Å². The van der Waals surface area contributed by atoms with Gasteiger partial charge in [0.25, 0.3) is 0 Å². The van der Waals surface area contributed by atoms with Gasteiger partial charge in [-0.1, -0.05) is 12.2 Å². The van der Waals surface area contributed by atoms with E-state index in [4.69, 9.17) is 9.15 Å². The van der Waals surface area contributed by atoms with E-state index in [1.54, 1.807) is 55.9 Å². The van der Waals surface area contributed by atoms with E-state index in [2.05, 4.69) is 0 Å². The standard InChI is InChI=1S/C16H14O3/c1-18-14-10-8-13(9-11-14)16(17)7-3-2-5-15-6-4-12-19-15/h2-12H,1H3/b5-2+,7-3+. The molecule has 3 heteroatoms. The zero-order valence-electron chi connectivity index (χ0n) is 10.6. The summed E-state index contributed by atoms with van der Waals surface area (Å²) in [5, 5.41) is 0. The number of carbonyl (C=O) groups is 1. The number of ether oxygens (including phenoxy) is 1. The molecule has 1 aromatic carbocycles. The molecule has 2 aromatic rings. The van der Waals surface area contributed by atoms with E-state index >= 15 is 0 Å². The highest BCUT2D eigenvalue weighted by Gasteiger charge is 2.00. The molecule has 0 fully saturated rings. The molecule has 0 unspecified atom stereocenters. The van der Waals surface area contributed by atoms with Crippen molar-refractivity contribution >= 4 is 11.9 Å². The van der Waals surface area contributed by atoms with Crippen LogP contribution in [0.5, 0.6) is 5.75 Å². The first kappa shape index (κ1) is 12.9. The number of ketones is 1. The summed E-state index contributed by atoms with van der Waals surface area (Å²) in [7, 11) is 1.59. The Kier molecular flexibility index (Phi) is 4.34. The van der Waals surface area contributed by atoms with Crippen LogP contribution < -0.4 is 4.74 Å². The molecule has 0 spiro atoms. The number of carbonyl (C=O) groups excluding carboxylic acids is 1. The molecule has 0 N–H and O–H groups in total. The lowest BCUT2D eigenvalue weighted by atomic mass is 10.1. The fourth-order valence-electron chi connectivity index (χ4n) is 1.53. The summed E-state index contributed by atoms with van der Waals surface area (Å²) in [5.41, 5.74) is 0.628. The lowest BCUT2D eigenvalue weighted by Gasteiger charge is -1.99. The quantitative estimate of drug-likeness (QED) is 0.463. The fourth-order valence-corrected chi connectivity index (χ4v) is 1.53. The predicted molar refractivity (Wildman–Crippen MR) is 74.2 cm³/mol. The topological polar surface area (TPSA) is 39.4 Å². The SMILES string of the molecule is COc1ccc(C(=O)/C=C/C=C/c2ccco2)cc1. The average Bonchev–Trinajstić information content (AvgIpc) is 2.96. The van der Waals surface area contributed by atoms with Crippen LogP contribution in [0.1, 0.15) is 16.1 Å². The number of allylic oxidation sites excluding steroid dienone is 3. The van der Waals surface area contributed by atoms with Crippen LogP contribution in [0.3, 0.4) is 0 Å². The molecule has 96 valence electrons. The van der Waals surface area contributed by atoms with E-state index in [1.807, 2.05) is 12.1 Å². The molecule has 1 heterocycles. The Hall–Kier alpha value is -2.55. The molecule has 0 atom stereocenters. The highest BCUT2D eigenvalue weighted by molar-refractivity contribution is 6.04. The predicted octanol–water partition coefficient (Wildman–Crippen LogP) is 3.74. The largest absolute Gasteiger partial charge is 0.497 e. The molecule has 0 aliphatic rings. The smallest absolute Gasteiger partial charge is 0.185 e. The summed E-state index contributed by atoms with van der Waals surface area (Å²) in [6.07, 6.45) is 8.36. The maximum Gasteiger partial charge on any atom is 0.185 e. The second kappa shape index (κ2) is 6.40. The molecule has 19 heavy (non-hydrogen) atoms. The Morgan fingerprint density at radius 2 is 1.95 bits per heavy atom. The minimum Gasteiger partial charge on any atom is -0.497 e. The Morgan fingerprint density at radius 1 is 1.16 bits per heavy atom. The zero-order valence-corrected chi connectivity index (χ0v) is 10.6. The van der Waals surface area contributed by atoms with Crippen LogP contribution in [0.4, 0.5) is 0 Å². The third-order valence-corrected chi connectivity index (χ3v) is 2.54. The highest BCUT2D eigenvalue weighted by Crippen LogP contribution is 2.12. The normalized spacial score (nSPS) is 11.2. The van der Waals surface area contributed by atoms with Gasteiger partial charge in [0.2, 0.25) is 0 Å². The second-order valence-corrected chi connectivity index (χ2v) is 3.83. The van der Waals surface area contributed by atoms with Crippen LogP contribution in [-0.2, 0) is 0 Å². The van der Waals surface area contributed by atoms with E-state index in [0.29, 0.717) is 5.56 Å². The van der Waals surface area contributed by atoms with Crippen LogP contribution in [0.25, 0.3) is 6.08 Å². The van der Waals surface area contributed by atoms with Gasteiger partial charge in [-0.15, -0.1) is 0 Å². The number of hydrogen-bond donors (Lipinski definition) is 0. The Labute approximate surface area is 111 Å². The summed E-state index contributed by atoms with van der Waals surface area (Å²) < 4.78 is 10.2. The van der Waals surface area contributed by atoms with E-state index in [0.717, 1.165) is 11.5 Å². The first-order chi connectivity index (χ1) is 9.29. The van der Waals surface area contributed by atoms with Crippen molar-refractivity contribution in [2.75, 3.05) is 7.11 Å².